The maximum absolute atomic E-state index is 11.0. The molecule has 0 unspecified atom stereocenters. The molecule has 2 aromatic rings. The van der Waals surface area contributed by atoms with E-state index in [1.165, 1.54) is 0 Å². The van der Waals surface area contributed by atoms with Crippen LogP contribution in [-0.2, 0) is 10.2 Å². The van der Waals surface area contributed by atoms with Crippen molar-refractivity contribution in [2.75, 3.05) is 7.11 Å². The molecule has 0 atom stereocenters. The first kappa shape index (κ1) is 12.0. The molecule has 1 aliphatic carbocycles. The molecule has 98 valence electrons. The number of nitrogens with zero attached hydrogens (tertiary/aromatic N) is 1. The van der Waals surface area contributed by atoms with E-state index in [0.717, 1.165) is 29.2 Å². The van der Waals surface area contributed by atoms with Crippen molar-refractivity contribution in [3.63, 3.8) is 0 Å². The van der Waals surface area contributed by atoms with E-state index < -0.39 is 5.97 Å². The zero-order valence-electron chi connectivity index (χ0n) is 10.7. The first-order chi connectivity index (χ1) is 9.14. The van der Waals surface area contributed by atoms with Crippen molar-refractivity contribution < 1.29 is 14.6 Å². The van der Waals surface area contributed by atoms with Crippen molar-refractivity contribution in [1.82, 2.24) is 4.98 Å². The number of pyridine rings is 1. The Bertz CT molecular complexity index is 647. The van der Waals surface area contributed by atoms with Gasteiger partial charge in [-0.2, -0.15) is 0 Å². The lowest BCUT2D eigenvalue weighted by atomic mass is 9.91. The highest BCUT2D eigenvalue weighted by Crippen LogP contribution is 2.51. The number of carboxylic acid groups (broad SMARTS) is 1. The minimum Gasteiger partial charge on any atom is -0.481 e. The zero-order valence-corrected chi connectivity index (χ0v) is 10.7. The number of carbonyl (C=O) groups is 1. The van der Waals surface area contributed by atoms with Gasteiger partial charge in [0.25, 0.3) is 0 Å². The lowest BCUT2D eigenvalue weighted by Crippen LogP contribution is -2.12. The molecule has 1 saturated carbocycles. The van der Waals surface area contributed by atoms with Crippen LogP contribution in [0, 0.1) is 0 Å². The standard InChI is InChI=1S/C15H15NO3/c1-19-14-12-3-2-11(8-10(12)4-7-16-14)15(5-6-15)9-13(17)18/h2-4,7-8H,5-6,9H2,1H3,(H,17,18). The van der Waals surface area contributed by atoms with Gasteiger partial charge in [0.2, 0.25) is 5.88 Å². The molecular formula is C15H15NO3. The van der Waals surface area contributed by atoms with Gasteiger partial charge in [-0.25, -0.2) is 4.98 Å². The van der Waals surface area contributed by atoms with Crippen molar-refractivity contribution in [2.45, 2.75) is 24.7 Å². The van der Waals surface area contributed by atoms with Crippen LogP contribution in [-0.4, -0.2) is 23.2 Å². The average molecular weight is 257 g/mol. The number of aromatic nitrogens is 1. The molecule has 19 heavy (non-hydrogen) atoms. The van der Waals surface area contributed by atoms with Gasteiger partial charge < -0.3 is 9.84 Å². The Kier molecular flexibility index (Phi) is 2.66. The van der Waals surface area contributed by atoms with Crippen LogP contribution >= 0.6 is 0 Å². The minimum atomic E-state index is -0.732. The monoisotopic (exact) mass is 257 g/mol. The summed E-state index contributed by atoms with van der Waals surface area (Å²) in [6, 6.07) is 7.97. The van der Waals surface area contributed by atoms with E-state index >= 15 is 0 Å². The number of benzene rings is 1. The molecule has 0 radical (unpaired) electrons. The number of methoxy groups -OCH3 is 1. The van der Waals surface area contributed by atoms with Gasteiger partial charge in [-0.1, -0.05) is 12.1 Å². The number of hydrogen-bond acceptors (Lipinski definition) is 3. The molecule has 0 spiro atoms. The van der Waals surface area contributed by atoms with Gasteiger partial charge in [0, 0.05) is 17.0 Å². The fraction of sp³-hybridized carbons (Fsp3) is 0.333. The molecule has 0 bridgehead atoms. The van der Waals surface area contributed by atoms with Crippen LogP contribution in [0.3, 0.4) is 0 Å². The highest BCUT2D eigenvalue weighted by atomic mass is 16.5. The number of rotatable bonds is 4. The van der Waals surface area contributed by atoms with E-state index in [9.17, 15) is 4.79 Å². The first-order valence-electron chi connectivity index (χ1n) is 6.30. The number of ether oxygens (including phenoxy) is 1. The summed E-state index contributed by atoms with van der Waals surface area (Å²) in [7, 11) is 1.60. The average Bonchev–Trinajstić information content (AvgIpc) is 3.17. The lowest BCUT2D eigenvalue weighted by Gasteiger charge is -2.14. The van der Waals surface area contributed by atoms with Gasteiger partial charge in [0.1, 0.15) is 0 Å². The third-order valence-electron chi connectivity index (χ3n) is 3.88. The minimum absolute atomic E-state index is 0.156. The van der Waals surface area contributed by atoms with Crippen molar-refractivity contribution in [3.8, 4) is 5.88 Å². The Morgan fingerprint density at radius 1 is 1.42 bits per heavy atom. The highest BCUT2D eigenvalue weighted by molar-refractivity contribution is 5.87. The van der Waals surface area contributed by atoms with Crippen LogP contribution < -0.4 is 4.74 Å². The molecule has 1 heterocycles. The summed E-state index contributed by atoms with van der Waals surface area (Å²) in [6.07, 6.45) is 3.82. The van der Waals surface area contributed by atoms with Crippen LogP contribution in [0.2, 0.25) is 0 Å². The summed E-state index contributed by atoms with van der Waals surface area (Å²) >= 11 is 0. The van der Waals surface area contributed by atoms with E-state index in [0.29, 0.717) is 5.88 Å². The first-order valence-corrected chi connectivity index (χ1v) is 6.30. The normalized spacial score (nSPS) is 16.3. The van der Waals surface area contributed by atoms with Crippen LogP contribution in [0.5, 0.6) is 5.88 Å². The summed E-state index contributed by atoms with van der Waals surface area (Å²) < 4.78 is 5.23. The smallest absolute Gasteiger partial charge is 0.304 e. The van der Waals surface area contributed by atoms with Crippen LogP contribution in [0.25, 0.3) is 10.8 Å². The van der Waals surface area contributed by atoms with E-state index in [-0.39, 0.29) is 11.8 Å². The zero-order chi connectivity index (χ0) is 13.5. The molecule has 0 amide bonds. The van der Waals surface area contributed by atoms with Crippen molar-refractivity contribution in [1.29, 1.82) is 0 Å². The molecule has 4 heteroatoms. The molecule has 1 N–H and O–H groups in total. The van der Waals surface area contributed by atoms with Gasteiger partial charge in [0.05, 0.1) is 13.5 Å². The number of hydrogen-bond donors (Lipinski definition) is 1. The Morgan fingerprint density at radius 3 is 2.84 bits per heavy atom. The lowest BCUT2D eigenvalue weighted by molar-refractivity contribution is -0.137. The Labute approximate surface area is 111 Å². The van der Waals surface area contributed by atoms with E-state index in [1.807, 2.05) is 18.2 Å². The van der Waals surface area contributed by atoms with Gasteiger partial charge in [-0.05, 0) is 35.9 Å². The molecule has 1 fully saturated rings. The van der Waals surface area contributed by atoms with E-state index in [1.54, 1.807) is 13.3 Å². The maximum atomic E-state index is 11.0. The molecule has 1 aromatic heterocycles. The van der Waals surface area contributed by atoms with Crippen molar-refractivity contribution in [3.05, 3.63) is 36.0 Å². The van der Waals surface area contributed by atoms with E-state index in [2.05, 4.69) is 11.1 Å². The number of fused-ring (bicyclic) bond motifs is 1. The van der Waals surface area contributed by atoms with Crippen LogP contribution in [0.1, 0.15) is 24.8 Å². The summed E-state index contributed by atoms with van der Waals surface area (Å²) in [4.78, 5) is 15.1. The summed E-state index contributed by atoms with van der Waals surface area (Å²) in [5.74, 6) is -0.128. The Hall–Kier alpha value is -2.10. The third kappa shape index (κ3) is 2.03. The molecule has 3 rings (SSSR count). The topological polar surface area (TPSA) is 59.4 Å². The summed E-state index contributed by atoms with van der Waals surface area (Å²) in [5, 5.41) is 11.0. The summed E-state index contributed by atoms with van der Waals surface area (Å²) in [6.45, 7) is 0. The molecule has 0 saturated heterocycles. The largest absolute Gasteiger partial charge is 0.481 e. The highest BCUT2D eigenvalue weighted by Gasteiger charge is 2.45. The fourth-order valence-electron chi connectivity index (χ4n) is 2.65. The van der Waals surface area contributed by atoms with Gasteiger partial charge in [-0.3, -0.25) is 4.79 Å². The van der Waals surface area contributed by atoms with Gasteiger partial charge >= 0.3 is 5.97 Å². The van der Waals surface area contributed by atoms with Crippen LogP contribution in [0.4, 0.5) is 0 Å². The third-order valence-corrected chi connectivity index (χ3v) is 3.88. The molecule has 1 aliphatic rings. The second-order valence-electron chi connectivity index (χ2n) is 5.11. The SMILES string of the molecule is COc1nccc2cc(C3(CC(=O)O)CC3)ccc12. The fourth-order valence-corrected chi connectivity index (χ4v) is 2.65. The molecule has 0 aliphatic heterocycles. The van der Waals surface area contributed by atoms with Crippen molar-refractivity contribution >= 4 is 16.7 Å². The summed E-state index contributed by atoms with van der Waals surface area (Å²) in [5.41, 5.74) is 0.951. The second-order valence-corrected chi connectivity index (χ2v) is 5.11. The van der Waals surface area contributed by atoms with E-state index in [4.69, 9.17) is 9.84 Å². The second kappa shape index (κ2) is 4.23. The van der Waals surface area contributed by atoms with Crippen LogP contribution in [0.15, 0.2) is 30.5 Å². The predicted octanol–water partition coefficient (Wildman–Crippen LogP) is 2.75. The predicted molar refractivity (Wildman–Crippen MR) is 71.5 cm³/mol. The van der Waals surface area contributed by atoms with Gasteiger partial charge in [0.15, 0.2) is 0 Å². The van der Waals surface area contributed by atoms with Crippen molar-refractivity contribution in [2.24, 2.45) is 0 Å². The quantitative estimate of drug-likeness (QED) is 0.914. The number of carboxylic acids is 1. The molecule has 1 aromatic carbocycles. The number of aliphatic carboxylic acids is 1. The maximum Gasteiger partial charge on any atom is 0.304 e. The molecule has 4 nitrogen and oxygen atoms in total. The Morgan fingerprint density at radius 2 is 2.21 bits per heavy atom. The molecular weight excluding hydrogens is 242 g/mol. The van der Waals surface area contributed by atoms with Gasteiger partial charge in [-0.15, -0.1) is 0 Å². The Balaban J connectivity index is 2.05.